The molecule has 0 amide bonds. The molecule has 0 bridgehead atoms. The van der Waals surface area contributed by atoms with Crippen LogP contribution in [0.15, 0.2) is 48.5 Å². The van der Waals surface area contributed by atoms with Crippen LogP contribution in [0.25, 0.3) is 0 Å². The molecule has 0 saturated carbocycles. The fourth-order valence-electron chi connectivity index (χ4n) is 1.69. The Morgan fingerprint density at radius 1 is 0.889 bits per heavy atom. The van der Waals surface area contributed by atoms with Crippen molar-refractivity contribution in [3.8, 4) is 11.5 Å². The van der Waals surface area contributed by atoms with Gasteiger partial charge in [-0.1, -0.05) is 39.0 Å². The Morgan fingerprint density at radius 2 is 1.56 bits per heavy atom. The molecule has 0 atom stereocenters. The lowest BCUT2D eigenvalue weighted by Crippen LogP contribution is -2.10. The molecule has 0 aromatic heterocycles. The first-order valence-electron chi connectivity index (χ1n) is 5.99. The van der Waals surface area contributed by atoms with Crippen LogP contribution >= 0.6 is 0 Å². The molecular formula is C16H17FO. The molecule has 0 aliphatic rings. The molecule has 2 aromatic carbocycles. The number of halogens is 1. The van der Waals surface area contributed by atoms with Crippen LogP contribution in [0.5, 0.6) is 11.5 Å². The van der Waals surface area contributed by atoms with Crippen molar-refractivity contribution in [3.05, 3.63) is 59.9 Å². The number of hydrogen-bond acceptors (Lipinski definition) is 1. The normalized spacial score (nSPS) is 11.3. The summed E-state index contributed by atoms with van der Waals surface area (Å²) >= 11 is 0. The second kappa shape index (κ2) is 4.81. The van der Waals surface area contributed by atoms with Crippen LogP contribution < -0.4 is 4.74 Å². The molecule has 0 unspecified atom stereocenters. The van der Waals surface area contributed by atoms with Crippen molar-refractivity contribution >= 4 is 0 Å². The monoisotopic (exact) mass is 244 g/mol. The van der Waals surface area contributed by atoms with Gasteiger partial charge in [-0.25, -0.2) is 4.39 Å². The summed E-state index contributed by atoms with van der Waals surface area (Å²) in [5.74, 6) is 0.936. The van der Waals surface area contributed by atoms with Gasteiger partial charge in [-0.15, -0.1) is 0 Å². The highest BCUT2D eigenvalue weighted by Crippen LogP contribution is 2.27. The van der Waals surface area contributed by atoms with Crippen molar-refractivity contribution in [3.63, 3.8) is 0 Å². The van der Waals surface area contributed by atoms with Gasteiger partial charge in [0.1, 0.15) is 17.3 Å². The first-order chi connectivity index (χ1) is 8.45. The van der Waals surface area contributed by atoms with E-state index < -0.39 is 0 Å². The Labute approximate surface area is 107 Å². The minimum absolute atomic E-state index is 0.122. The highest BCUT2D eigenvalue weighted by molar-refractivity contribution is 5.35. The van der Waals surface area contributed by atoms with Crippen LogP contribution in [-0.2, 0) is 5.41 Å². The standard InChI is InChI=1S/C16H17FO/c1-16(2,3)12-7-9-14(10-8-12)18-15-6-4-5-13(17)11-15/h4-11H,1-3H3. The van der Waals surface area contributed by atoms with Gasteiger partial charge in [0.2, 0.25) is 0 Å². The molecule has 2 rings (SSSR count). The highest BCUT2D eigenvalue weighted by atomic mass is 19.1. The Hall–Kier alpha value is -1.83. The Kier molecular flexibility index (Phi) is 3.37. The molecule has 18 heavy (non-hydrogen) atoms. The number of hydrogen-bond donors (Lipinski definition) is 0. The number of ether oxygens (including phenoxy) is 1. The molecule has 0 aliphatic heterocycles. The van der Waals surface area contributed by atoms with E-state index in [0.29, 0.717) is 11.5 Å². The SMILES string of the molecule is CC(C)(C)c1ccc(Oc2cccc(F)c2)cc1. The second-order valence-corrected chi connectivity index (χ2v) is 5.33. The van der Waals surface area contributed by atoms with E-state index in [-0.39, 0.29) is 11.2 Å². The Bertz CT molecular complexity index is 524. The van der Waals surface area contributed by atoms with Crippen molar-refractivity contribution in [2.24, 2.45) is 0 Å². The van der Waals surface area contributed by atoms with E-state index >= 15 is 0 Å². The van der Waals surface area contributed by atoms with Gasteiger partial charge in [-0.3, -0.25) is 0 Å². The highest BCUT2D eigenvalue weighted by Gasteiger charge is 2.13. The van der Waals surface area contributed by atoms with Crippen LogP contribution in [-0.4, -0.2) is 0 Å². The zero-order valence-corrected chi connectivity index (χ0v) is 10.9. The third kappa shape index (κ3) is 3.10. The summed E-state index contributed by atoms with van der Waals surface area (Å²) in [6.07, 6.45) is 0. The zero-order valence-electron chi connectivity index (χ0n) is 10.9. The van der Waals surface area contributed by atoms with Crippen LogP contribution in [0.4, 0.5) is 4.39 Å². The van der Waals surface area contributed by atoms with Gasteiger partial charge in [0.25, 0.3) is 0 Å². The van der Waals surface area contributed by atoms with Crippen LogP contribution in [0, 0.1) is 5.82 Å². The third-order valence-electron chi connectivity index (χ3n) is 2.75. The maximum atomic E-state index is 13.0. The molecule has 0 spiro atoms. The van der Waals surface area contributed by atoms with Crippen molar-refractivity contribution < 1.29 is 9.13 Å². The summed E-state index contributed by atoms with van der Waals surface area (Å²) < 4.78 is 18.6. The molecule has 2 aromatic rings. The Morgan fingerprint density at radius 3 is 2.11 bits per heavy atom. The molecule has 0 saturated heterocycles. The number of rotatable bonds is 2. The van der Waals surface area contributed by atoms with Crippen LogP contribution in [0.1, 0.15) is 26.3 Å². The third-order valence-corrected chi connectivity index (χ3v) is 2.75. The van der Waals surface area contributed by atoms with Gasteiger partial charge >= 0.3 is 0 Å². The molecular weight excluding hydrogens is 227 g/mol. The van der Waals surface area contributed by atoms with Crippen molar-refractivity contribution in [2.45, 2.75) is 26.2 Å². The van der Waals surface area contributed by atoms with Crippen molar-refractivity contribution in [2.75, 3.05) is 0 Å². The molecule has 0 N–H and O–H groups in total. The quantitative estimate of drug-likeness (QED) is 0.729. The lowest BCUT2D eigenvalue weighted by Gasteiger charge is -2.19. The second-order valence-electron chi connectivity index (χ2n) is 5.33. The van der Waals surface area contributed by atoms with E-state index in [2.05, 4.69) is 20.8 Å². The minimum Gasteiger partial charge on any atom is -0.457 e. The van der Waals surface area contributed by atoms with Crippen molar-refractivity contribution in [1.29, 1.82) is 0 Å². The summed E-state index contributed by atoms with van der Waals surface area (Å²) in [5.41, 5.74) is 1.37. The molecule has 0 fully saturated rings. The van der Waals surface area contributed by atoms with E-state index in [4.69, 9.17) is 4.74 Å². The van der Waals surface area contributed by atoms with Gasteiger partial charge in [0.05, 0.1) is 0 Å². The first kappa shape index (κ1) is 12.6. The maximum Gasteiger partial charge on any atom is 0.130 e. The summed E-state index contributed by atoms with van der Waals surface area (Å²) in [5, 5.41) is 0. The Balaban J connectivity index is 2.16. The number of benzene rings is 2. The fourth-order valence-corrected chi connectivity index (χ4v) is 1.69. The predicted molar refractivity (Wildman–Crippen MR) is 71.6 cm³/mol. The van der Waals surface area contributed by atoms with Crippen molar-refractivity contribution in [1.82, 2.24) is 0 Å². The van der Waals surface area contributed by atoms with E-state index in [9.17, 15) is 4.39 Å². The lowest BCUT2D eigenvalue weighted by atomic mass is 9.87. The smallest absolute Gasteiger partial charge is 0.130 e. The van der Waals surface area contributed by atoms with E-state index in [1.165, 1.54) is 17.7 Å². The zero-order chi connectivity index (χ0) is 13.2. The topological polar surface area (TPSA) is 9.23 Å². The average molecular weight is 244 g/mol. The summed E-state index contributed by atoms with van der Waals surface area (Å²) in [6.45, 7) is 6.49. The predicted octanol–water partition coefficient (Wildman–Crippen LogP) is 4.92. The molecule has 0 radical (unpaired) electrons. The van der Waals surface area contributed by atoms with Crippen LogP contribution in [0.3, 0.4) is 0 Å². The molecule has 1 nitrogen and oxygen atoms in total. The minimum atomic E-state index is -0.293. The van der Waals surface area contributed by atoms with E-state index in [1.54, 1.807) is 12.1 Å². The maximum absolute atomic E-state index is 13.0. The first-order valence-corrected chi connectivity index (χ1v) is 5.99. The molecule has 0 aliphatic carbocycles. The van der Waals surface area contributed by atoms with E-state index in [0.717, 1.165) is 0 Å². The molecule has 2 heteroatoms. The van der Waals surface area contributed by atoms with E-state index in [1.807, 2.05) is 24.3 Å². The summed E-state index contributed by atoms with van der Waals surface area (Å²) in [6, 6.07) is 14.0. The molecule has 94 valence electrons. The summed E-state index contributed by atoms with van der Waals surface area (Å²) in [4.78, 5) is 0. The largest absolute Gasteiger partial charge is 0.457 e. The van der Waals surface area contributed by atoms with Gasteiger partial charge in [-0.05, 0) is 35.2 Å². The summed E-state index contributed by atoms with van der Waals surface area (Å²) in [7, 11) is 0. The van der Waals surface area contributed by atoms with Gasteiger partial charge in [0, 0.05) is 6.07 Å². The van der Waals surface area contributed by atoms with Gasteiger partial charge in [0.15, 0.2) is 0 Å². The fraction of sp³-hybridized carbons (Fsp3) is 0.250. The average Bonchev–Trinajstić information content (AvgIpc) is 2.28. The van der Waals surface area contributed by atoms with Gasteiger partial charge in [-0.2, -0.15) is 0 Å². The van der Waals surface area contributed by atoms with Gasteiger partial charge < -0.3 is 4.74 Å². The van der Waals surface area contributed by atoms with Crippen LogP contribution in [0.2, 0.25) is 0 Å². The molecule has 0 heterocycles. The lowest BCUT2D eigenvalue weighted by molar-refractivity contribution is 0.475.